The molecule has 2 unspecified atom stereocenters. The van der Waals surface area contributed by atoms with Gasteiger partial charge >= 0.3 is 5.97 Å². The lowest BCUT2D eigenvalue weighted by Gasteiger charge is -2.12. The summed E-state index contributed by atoms with van der Waals surface area (Å²) in [6, 6.07) is 0. The predicted octanol–water partition coefficient (Wildman–Crippen LogP) is 1.76. The first-order chi connectivity index (χ1) is 6.18. The topological polar surface area (TPSA) is 46.5 Å². The summed E-state index contributed by atoms with van der Waals surface area (Å²) in [5.74, 6) is 0.224. The van der Waals surface area contributed by atoms with Crippen LogP contribution in [0.5, 0.6) is 0 Å². The van der Waals surface area contributed by atoms with E-state index in [1.54, 1.807) is 11.8 Å². The van der Waals surface area contributed by atoms with Gasteiger partial charge in [0.15, 0.2) is 0 Å². The van der Waals surface area contributed by atoms with Crippen LogP contribution in [0.2, 0.25) is 0 Å². The van der Waals surface area contributed by atoms with E-state index >= 15 is 0 Å². The Kier molecular flexibility index (Phi) is 4.59. The summed E-state index contributed by atoms with van der Waals surface area (Å²) >= 11 is 1.70. The van der Waals surface area contributed by atoms with Crippen LogP contribution >= 0.6 is 11.8 Å². The molecular formula is C9H16O3S. The maximum Gasteiger partial charge on any atom is 0.304 e. The zero-order valence-electron chi connectivity index (χ0n) is 7.86. The second-order valence-corrected chi connectivity index (χ2v) is 4.85. The van der Waals surface area contributed by atoms with Crippen molar-refractivity contribution in [1.82, 2.24) is 0 Å². The summed E-state index contributed by atoms with van der Waals surface area (Å²) in [7, 11) is 0. The number of rotatable bonds is 5. The molecule has 1 aliphatic heterocycles. The van der Waals surface area contributed by atoms with E-state index in [4.69, 9.17) is 9.84 Å². The first-order valence-corrected chi connectivity index (χ1v) is 5.68. The minimum Gasteiger partial charge on any atom is -0.481 e. The van der Waals surface area contributed by atoms with Gasteiger partial charge < -0.3 is 9.84 Å². The molecule has 0 aromatic heterocycles. The fraction of sp³-hybridized carbons (Fsp3) is 0.889. The van der Waals surface area contributed by atoms with Crippen LogP contribution in [0.15, 0.2) is 0 Å². The highest BCUT2D eigenvalue weighted by Crippen LogP contribution is 2.21. The molecule has 0 bridgehead atoms. The van der Waals surface area contributed by atoms with Crippen molar-refractivity contribution < 1.29 is 14.6 Å². The zero-order chi connectivity index (χ0) is 9.68. The number of thioether (sulfide) groups is 1. The maximum atomic E-state index is 10.4. The van der Waals surface area contributed by atoms with Crippen LogP contribution in [-0.2, 0) is 9.53 Å². The molecule has 1 rings (SSSR count). The molecule has 1 aliphatic rings. The van der Waals surface area contributed by atoms with E-state index in [9.17, 15) is 4.79 Å². The van der Waals surface area contributed by atoms with Gasteiger partial charge in [0, 0.05) is 17.6 Å². The lowest BCUT2D eigenvalue weighted by Crippen LogP contribution is -2.13. The molecule has 0 aromatic rings. The van der Waals surface area contributed by atoms with E-state index in [0.717, 1.165) is 25.2 Å². The highest BCUT2D eigenvalue weighted by molar-refractivity contribution is 7.99. The number of hydrogen-bond acceptors (Lipinski definition) is 3. The van der Waals surface area contributed by atoms with E-state index in [-0.39, 0.29) is 11.7 Å². The quantitative estimate of drug-likeness (QED) is 0.741. The van der Waals surface area contributed by atoms with Crippen molar-refractivity contribution in [2.75, 3.05) is 12.4 Å². The molecule has 1 saturated heterocycles. The summed E-state index contributed by atoms with van der Waals surface area (Å²) in [5, 5.41) is 8.73. The van der Waals surface area contributed by atoms with Gasteiger partial charge in [-0.3, -0.25) is 4.79 Å². The van der Waals surface area contributed by atoms with Gasteiger partial charge in [-0.2, -0.15) is 11.8 Å². The second-order valence-electron chi connectivity index (χ2n) is 3.38. The second kappa shape index (κ2) is 5.50. The van der Waals surface area contributed by atoms with Crippen LogP contribution in [-0.4, -0.2) is 34.8 Å². The molecule has 0 aliphatic carbocycles. The molecule has 1 heterocycles. The van der Waals surface area contributed by atoms with Crippen molar-refractivity contribution >= 4 is 17.7 Å². The first kappa shape index (κ1) is 10.9. The summed E-state index contributed by atoms with van der Waals surface area (Å²) in [4.78, 5) is 10.4. The number of hydrogen-bond donors (Lipinski definition) is 1. The Bertz CT molecular complexity index is 166. The molecule has 0 amide bonds. The summed E-state index contributed by atoms with van der Waals surface area (Å²) < 4.78 is 5.44. The summed E-state index contributed by atoms with van der Waals surface area (Å²) in [5.41, 5.74) is 0. The molecule has 0 spiro atoms. The molecule has 76 valence electrons. The first-order valence-electron chi connectivity index (χ1n) is 4.63. The molecule has 1 fully saturated rings. The molecule has 1 N–H and O–H groups in total. The third kappa shape index (κ3) is 4.52. The monoisotopic (exact) mass is 204 g/mol. The minimum atomic E-state index is -0.715. The van der Waals surface area contributed by atoms with Crippen LogP contribution < -0.4 is 0 Å². The molecule has 13 heavy (non-hydrogen) atoms. The van der Waals surface area contributed by atoms with Gasteiger partial charge in [0.1, 0.15) is 0 Å². The average molecular weight is 204 g/mol. The average Bonchev–Trinajstić information content (AvgIpc) is 2.51. The molecule has 3 nitrogen and oxygen atoms in total. The number of ether oxygens (including phenoxy) is 1. The fourth-order valence-corrected chi connectivity index (χ4v) is 2.42. The normalized spacial score (nSPS) is 24.5. The van der Waals surface area contributed by atoms with Crippen molar-refractivity contribution in [3.63, 3.8) is 0 Å². The molecule has 0 aromatic carbocycles. The Labute approximate surface area is 82.8 Å². The van der Waals surface area contributed by atoms with Gasteiger partial charge in [0.2, 0.25) is 0 Å². The standard InChI is InChI=1S/C9H16O3S/c1-7(5-9(10)11)13-6-8-3-2-4-12-8/h7-8H,2-6H2,1H3,(H,10,11). The third-order valence-corrected chi connectivity index (χ3v) is 3.35. The van der Waals surface area contributed by atoms with Gasteiger partial charge in [-0.15, -0.1) is 0 Å². The van der Waals surface area contributed by atoms with Crippen LogP contribution in [0, 0.1) is 0 Å². The van der Waals surface area contributed by atoms with Crippen LogP contribution in [0.4, 0.5) is 0 Å². The van der Waals surface area contributed by atoms with Crippen LogP contribution in [0.3, 0.4) is 0 Å². The molecule has 4 heteroatoms. The minimum absolute atomic E-state index is 0.196. The van der Waals surface area contributed by atoms with Crippen molar-refractivity contribution in [3.8, 4) is 0 Å². The van der Waals surface area contributed by atoms with E-state index in [1.165, 1.54) is 0 Å². The van der Waals surface area contributed by atoms with E-state index in [1.807, 2.05) is 6.92 Å². The van der Waals surface area contributed by atoms with E-state index < -0.39 is 5.97 Å². The van der Waals surface area contributed by atoms with Crippen LogP contribution in [0.1, 0.15) is 26.2 Å². The SMILES string of the molecule is CC(CC(=O)O)SCC1CCCO1. The number of aliphatic carboxylic acids is 1. The Morgan fingerprint density at radius 3 is 3.08 bits per heavy atom. The third-order valence-electron chi connectivity index (χ3n) is 2.05. The summed E-state index contributed by atoms with van der Waals surface area (Å²) in [6.45, 7) is 2.83. The lowest BCUT2D eigenvalue weighted by atomic mass is 10.3. The lowest BCUT2D eigenvalue weighted by molar-refractivity contribution is -0.136. The highest BCUT2D eigenvalue weighted by Gasteiger charge is 2.17. The molecule has 0 radical (unpaired) electrons. The molecule has 0 saturated carbocycles. The number of carboxylic acids is 1. The Morgan fingerprint density at radius 2 is 2.54 bits per heavy atom. The fourth-order valence-electron chi connectivity index (χ4n) is 1.35. The zero-order valence-corrected chi connectivity index (χ0v) is 8.68. The Hall–Kier alpha value is -0.220. The highest BCUT2D eigenvalue weighted by atomic mass is 32.2. The van der Waals surface area contributed by atoms with Crippen LogP contribution in [0.25, 0.3) is 0 Å². The van der Waals surface area contributed by atoms with Gasteiger partial charge in [-0.1, -0.05) is 6.92 Å². The summed E-state index contributed by atoms with van der Waals surface area (Å²) in [6.07, 6.45) is 2.89. The van der Waals surface area contributed by atoms with E-state index in [0.29, 0.717) is 6.10 Å². The predicted molar refractivity (Wildman–Crippen MR) is 53.1 cm³/mol. The largest absolute Gasteiger partial charge is 0.481 e. The Morgan fingerprint density at radius 1 is 1.77 bits per heavy atom. The van der Waals surface area contributed by atoms with E-state index in [2.05, 4.69) is 0 Å². The van der Waals surface area contributed by atoms with Gasteiger partial charge in [-0.05, 0) is 12.8 Å². The number of carbonyl (C=O) groups is 1. The van der Waals surface area contributed by atoms with Crippen molar-refractivity contribution in [2.45, 2.75) is 37.5 Å². The van der Waals surface area contributed by atoms with Gasteiger partial charge in [0.25, 0.3) is 0 Å². The Balaban J connectivity index is 2.06. The number of carboxylic acid groups (broad SMARTS) is 1. The van der Waals surface area contributed by atoms with Crippen molar-refractivity contribution in [2.24, 2.45) is 0 Å². The van der Waals surface area contributed by atoms with Crippen molar-refractivity contribution in [3.05, 3.63) is 0 Å². The molecular weight excluding hydrogens is 188 g/mol. The van der Waals surface area contributed by atoms with Gasteiger partial charge in [0.05, 0.1) is 12.5 Å². The smallest absolute Gasteiger partial charge is 0.304 e. The van der Waals surface area contributed by atoms with Crippen molar-refractivity contribution in [1.29, 1.82) is 0 Å². The maximum absolute atomic E-state index is 10.4. The molecule has 2 atom stereocenters. The van der Waals surface area contributed by atoms with Gasteiger partial charge in [-0.25, -0.2) is 0 Å².